The number of benzene rings is 2. The highest BCUT2D eigenvalue weighted by Gasteiger charge is 2.19. The summed E-state index contributed by atoms with van der Waals surface area (Å²) < 4.78 is 2.50. The molecule has 25 heavy (non-hydrogen) atoms. The van der Waals surface area contributed by atoms with Gasteiger partial charge in [-0.3, -0.25) is 9.59 Å². The SMILES string of the molecule is C=CCN(C(=O)c1ccccc1I)c1ccc2c(ccc(=O)n2C)c1. The van der Waals surface area contributed by atoms with Crippen LogP contribution < -0.4 is 10.5 Å². The Hall–Kier alpha value is -2.41. The van der Waals surface area contributed by atoms with Crippen molar-refractivity contribution in [2.45, 2.75) is 0 Å². The van der Waals surface area contributed by atoms with Crippen molar-refractivity contribution in [2.75, 3.05) is 11.4 Å². The van der Waals surface area contributed by atoms with E-state index in [2.05, 4.69) is 29.2 Å². The maximum atomic E-state index is 13.0. The lowest BCUT2D eigenvalue weighted by atomic mass is 10.1. The van der Waals surface area contributed by atoms with Crippen molar-refractivity contribution in [3.8, 4) is 0 Å². The Morgan fingerprint density at radius 2 is 1.96 bits per heavy atom. The lowest BCUT2D eigenvalue weighted by Gasteiger charge is -2.22. The zero-order valence-electron chi connectivity index (χ0n) is 13.8. The number of halogens is 1. The fraction of sp³-hybridized carbons (Fsp3) is 0.100. The predicted octanol–water partition coefficient (Wildman–Crippen LogP) is 3.98. The topological polar surface area (TPSA) is 42.3 Å². The van der Waals surface area contributed by atoms with Crippen LogP contribution in [-0.4, -0.2) is 17.0 Å². The van der Waals surface area contributed by atoms with Gasteiger partial charge in [-0.15, -0.1) is 6.58 Å². The van der Waals surface area contributed by atoms with Gasteiger partial charge in [0.25, 0.3) is 11.5 Å². The molecule has 0 fully saturated rings. The molecule has 5 heteroatoms. The molecule has 0 aliphatic rings. The summed E-state index contributed by atoms with van der Waals surface area (Å²) in [5, 5.41) is 0.907. The van der Waals surface area contributed by atoms with Crippen LogP contribution in [0.2, 0.25) is 0 Å². The Morgan fingerprint density at radius 3 is 2.68 bits per heavy atom. The van der Waals surface area contributed by atoms with Crippen LogP contribution >= 0.6 is 22.6 Å². The second-order valence-electron chi connectivity index (χ2n) is 5.66. The number of rotatable bonds is 4. The Balaban J connectivity index is 2.09. The average Bonchev–Trinajstić information content (AvgIpc) is 2.62. The van der Waals surface area contributed by atoms with Crippen LogP contribution in [0.4, 0.5) is 5.69 Å². The van der Waals surface area contributed by atoms with Crippen LogP contribution in [0.3, 0.4) is 0 Å². The molecule has 0 spiro atoms. The van der Waals surface area contributed by atoms with Gasteiger partial charge >= 0.3 is 0 Å². The molecule has 126 valence electrons. The van der Waals surface area contributed by atoms with Gasteiger partial charge in [0.05, 0.1) is 11.1 Å². The third-order valence-electron chi connectivity index (χ3n) is 4.08. The summed E-state index contributed by atoms with van der Waals surface area (Å²) in [5.74, 6) is -0.0749. The smallest absolute Gasteiger partial charge is 0.259 e. The molecule has 0 N–H and O–H groups in total. The van der Waals surface area contributed by atoms with Crippen molar-refractivity contribution in [1.29, 1.82) is 0 Å². The molecule has 0 aliphatic heterocycles. The van der Waals surface area contributed by atoms with E-state index in [9.17, 15) is 9.59 Å². The number of nitrogens with zero attached hydrogens (tertiary/aromatic N) is 2. The van der Waals surface area contributed by atoms with Gasteiger partial charge in [-0.1, -0.05) is 18.2 Å². The molecule has 0 saturated carbocycles. The summed E-state index contributed by atoms with van der Waals surface area (Å²) >= 11 is 2.17. The maximum Gasteiger partial charge on any atom is 0.259 e. The summed E-state index contributed by atoms with van der Waals surface area (Å²) in [4.78, 5) is 26.5. The number of anilines is 1. The summed E-state index contributed by atoms with van der Waals surface area (Å²) in [6, 6.07) is 16.5. The second kappa shape index (κ2) is 7.23. The first-order valence-electron chi connectivity index (χ1n) is 7.80. The largest absolute Gasteiger partial charge is 0.311 e. The molecule has 1 amide bonds. The quantitative estimate of drug-likeness (QED) is 0.452. The summed E-state index contributed by atoms with van der Waals surface area (Å²) in [6.45, 7) is 4.18. The van der Waals surface area contributed by atoms with Crippen molar-refractivity contribution in [3.05, 3.63) is 86.7 Å². The van der Waals surface area contributed by atoms with E-state index in [0.29, 0.717) is 12.1 Å². The maximum absolute atomic E-state index is 13.0. The monoisotopic (exact) mass is 444 g/mol. The van der Waals surface area contributed by atoms with Gasteiger partial charge in [-0.25, -0.2) is 0 Å². The van der Waals surface area contributed by atoms with Crippen molar-refractivity contribution < 1.29 is 4.79 Å². The second-order valence-corrected chi connectivity index (χ2v) is 6.82. The molecule has 0 bridgehead atoms. The van der Waals surface area contributed by atoms with E-state index in [-0.39, 0.29) is 11.5 Å². The molecule has 2 aromatic carbocycles. The highest BCUT2D eigenvalue weighted by atomic mass is 127. The van der Waals surface area contributed by atoms with Crippen LogP contribution in [0, 0.1) is 3.57 Å². The molecule has 4 nitrogen and oxygen atoms in total. The fourth-order valence-corrected chi connectivity index (χ4v) is 3.37. The first-order valence-corrected chi connectivity index (χ1v) is 8.88. The highest BCUT2D eigenvalue weighted by molar-refractivity contribution is 14.1. The van der Waals surface area contributed by atoms with Crippen LogP contribution in [-0.2, 0) is 7.05 Å². The number of amides is 1. The number of pyridine rings is 1. The number of hydrogen-bond acceptors (Lipinski definition) is 2. The Bertz CT molecular complexity index is 1020. The fourth-order valence-electron chi connectivity index (χ4n) is 2.76. The van der Waals surface area contributed by atoms with E-state index < -0.39 is 0 Å². The summed E-state index contributed by atoms with van der Waals surface area (Å²) in [5.41, 5.74) is 2.20. The number of aromatic nitrogens is 1. The van der Waals surface area contributed by atoms with Gasteiger partial charge in [0.1, 0.15) is 0 Å². The highest BCUT2D eigenvalue weighted by Crippen LogP contribution is 2.24. The van der Waals surface area contributed by atoms with Gasteiger partial charge in [0.2, 0.25) is 0 Å². The Morgan fingerprint density at radius 1 is 1.20 bits per heavy atom. The normalized spacial score (nSPS) is 10.6. The minimum atomic E-state index is -0.0749. The van der Waals surface area contributed by atoms with Gasteiger partial charge < -0.3 is 9.47 Å². The molecule has 1 aromatic heterocycles. The van der Waals surface area contributed by atoms with Gasteiger partial charge in [0, 0.05) is 34.3 Å². The first-order chi connectivity index (χ1) is 12.0. The van der Waals surface area contributed by atoms with Crippen LogP contribution in [0.25, 0.3) is 10.9 Å². The summed E-state index contributed by atoms with van der Waals surface area (Å²) in [6.07, 6.45) is 1.71. The van der Waals surface area contributed by atoms with Crippen molar-refractivity contribution >= 4 is 45.1 Å². The van der Waals surface area contributed by atoms with Crippen molar-refractivity contribution in [3.63, 3.8) is 0 Å². The molecule has 0 radical (unpaired) electrons. The minimum Gasteiger partial charge on any atom is -0.311 e. The number of carbonyl (C=O) groups is 1. The van der Waals surface area contributed by atoms with Crippen molar-refractivity contribution in [2.24, 2.45) is 7.05 Å². The van der Waals surface area contributed by atoms with E-state index in [1.807, 2.05) is 42.5 Å². The van der Waals surface area contributed by atoms with Crippen LogP contribution in [0.5, 0.6) is 0 Å². The average molecular weight is 444 g/mol. The van der Waals surface area contributed by atoms with Gasteiger partial charge in [0.15, 0.2) is 0 Å². The van der Waals surface area contributed by atoms with Crippen molar-refractivity contribution in [1.82, 2.24) is 4.57 Å². The number of fused-ring (bicyclic) bond motifs is 1. The van der Waals surface area contributed by atoms with E-state index in [1.54, 1.807) is 28.7 Å². The number of aryl methyl sites for hydroxylation is 1. The third-order valence-corrected chi connectivity index (χ3v) is 5.02. The molecule has 1 heterocycles. The molecule has 3 aromatic rings. The zero-order valence-corrected chi connectivity index (χ0v) is 15.9. The zero-order chi connectivity index (χ0) is 18.0. The number of carbonyl (C=O) groups excluding carboxylic acids is 1. The molecule has 0 unspecified atom stereocenters. The van der Waals surface area contributed by atoms with E-state index in [0.717, 1.165) is 20.2 Å². The summed E-state index contributed by atoms with van der Waals surface area (Å²) in [7, 11) is 1.74. The number of hydrogen-bond donors (Lipinski definition) is 0. The molecule has 0 saturated heterocycles. The minimum absolute atomic E-state index is 0.0573. The van der Waals surface area contributed by atoms with E-state index in [1.165, 1.54) is 6.07 Å². The van der Waals surface area contributed by atoms with E-state index in [4.69, 9.17) is 0 Å². The van der Waals surface area contributed by atoms with Crippen LogP contribution in [0.1, 0.15) is 10.4 Å². The van der Waals surface area contributed by atoms with Crippen LogP contribution in [0.15, 0.2) is 72.0 Å². The Kier molecular flexibility index (Phi) is 5.03. The standard InChI is InChI=1S/C20H17IN2O2/c1-3-12-23(20(25)16-6-4-5-7-17(16)21)15-9-10-18-14(13-15)8-11-19(24)22(18)2/h3-11,13H,1,12H2,2H3. The molecule has 0 aliphatic carbocycles. The van der Waals surface area contributed by atoms with Gasteiger partial charge in [-0.05, 0) is 59.0 Å². The Labute approximate surface area is 159 Å². The van der Waals surface area contributed by atoms with E-state index >= 15 is 0 Å². The lowest BCUT2D eigenvalue weighted by molar-refractivity contribution is 0.0989. The molecular formula is C20H17IN2O2. The molecule has 0 atom stereocenters. The van der Waals surface area contributed by atoms with Gasteiger partial charge in [-0.2, -0.15) is 0 Å². The molecule has 3 rings (SSSR count). The third kappa shape index (κ3) is 3.37. The lowest BCUT2D eigenvalue weighted by Crippen LogP contribution is -2.31. The first kappa shape index (κ1) is 17.4. The predicted molar refractivity (Wildman–Crippen MR) is 110 cm³/mol. The molecular weight excluding hydrogens is 427 g/mol.